The summed E-state index contributed by atoms with van der Waals surface area (Å²) >= 11 is 2.04. The monoisotopic (exact) mass is 142 g/mol. The summed E-state index contributed by atoms with van der Waals surface area (Å²) in [7, 11) is 0. The van der Waals surface area contributed by atoms with E-state index in [4.69, 9.17) is 0 Å². The van der Waals surface area contributed by atoms with Crippen LogP contribution in [0.5, 0.6) is 0 Å². The molecule has 50 valence electrons. The molecular formula is C7H10OS. The zero-order chi connectivity index (χ0) is 6.27. The van der Waals surface area contributed by atoms with Crippen LogP contribution in [0.2, 0.25) is 0 Å². The fraction of sp³-hybridized carbons (Fsp3) is 0.857. The van der Waals surface area contributed by atoms with Crippen molar-refractivity contribution in [2.75, 3.05) is 0 Å². The lowest BCUT2D eigenvalue weighted by atomic mass is 10.2. The van der Waals surface area contributed by atoms with Gasteiger partial charge in [-0.15, -0.1) is 0 Å². The van der Waals surface area contributed by atoms with Gasteiger partial charge in [0.2, 0.25) is 0 Å². The maximum atomic E-state index is 10.9. The van der Waals surface area contributed by atoms with Gasteiger partial charge in [0, 0.05) is 23.3 Å². The van der Waals surface area contributed by atoms with Crippen molar-refractivity contribution in [3.63, 3.8) is 0 Å². The molecule has 2 heteroatoms. The number of ketones is 1. The average molecular weight is 142 g/mol. The maximum absolute atomic E-state index is 10.9. The smallest absolute Gasteiger partial charge is 0.135 e. The van der Waals surface area contributed by atoms with Gasteiger partial charge in [-0.3, -0.25) is 4.79 Å². The summed E-state index contributed by atoms with van der Waals surface area (Å²) in [6.45, 7) is 0. The number of Topliss-reactive ketones (excluding diaryl/α,β-unsaturated/α-hetero) is 1. The van der Waals surface area contributed by atoms with Crippen LogP contribution in [0.4, 0.5) is 0 Å². The standard InChI is InChI=1S/C7H10OS/c8-5-3-6-1-2-7(4-5)9-6/h6-7H,1-4H2/t6-,7-/m0/s1. The lowest BCUT2D eigenvalue weighted by molar-refractivity contribution is -0.118. The van der Waals surface area contributed by atoms with E-state index < -0.39 is 0 Å². The first-order valence-electron chi connectivity index (χ1n) is 3.52. The quantitative estimate of drug-likeness (QED) is 0.511. The highest BCUT2D eigenvalue weighted by Gasteiger charge is 2.33. The molecule has 0 amide bonds. The molecule has 0 unspecified atom stereocenters. The van der Waals surface area contributed by atoms with Gasteiger partial charge < -0.3 is 0 Å². The summed E-state index contributed by atoms with van der Waals surface area (Å²) in [5.41, 5.74) is 0. The number of rotatable bonds is 0. The number of hydrogen-bond donors (Lipinski definition) is 0. The Labute approximate surface area is 59.2 Å². The van der Waals surface area contributed by atoms with Crippen molar-refractivity contribution >= 4 is 17.5 Å². The van der Waals surface area contributed by atoms with Crippen molar-refractivity contribution in [2.24, 2.45) is 0 Å². The lowest BCUT2D eigenvalue weighted by Crippen LogP contribution is -2.15. The van der Waals surface area contributed by atoms with Crippen LogP contribution in [0.1, 0.15) is 25.7 Å². The van der Waals surface area contributed by atoms with Crippen LogP contribution >= 0.6 is 11.8 Å². The second kappa shape index (κ2) is 2.01. The molecule has 0 aromatic heterocycles. The predicted molar refractivity (Wildman–Crippen MR) is 38.6 cm³/mol. The normalized spacial score (nSPS) is 41.6. The minimum atomic E-state index is 0.501. The van der Waals surface area contributed by atoms with Gasteiger partial charge in [-0.1, -0.05) is 0 Å². The molecule has 2 saturated heterocycles. The fourth-order valence-corrected chi connectivity index (χ4v) is 3.32. The van der Waals surface area contributed by atoms with E-state index in [1.165, 1.54) is 12.8 Å². The Bertz CT molecular complexity index is 130. The largest absolute Gasteiger partial charge is 0.300 e. The Hall–Kier alpha value is 0.0200. The van der Waals surface area contributed by atoms with Crippen LogP contribution in [0.25, 0.3) is 0 Å². The first-order valence-corrected chi connectivity index (χ1v) is 4.46. The molecule has 1 nitrogen and oxygen atoms in total. The number of carbonyl (C=O) groups is 1. The Morgan fingerprint density at radius 1 is 1.22 bits per heavy atom. The average Bonchev–Trinajstić information content (AvgIpc) is 2.11. The maximum Gasteiger partial charge on any atom is 0.135 e. The third-order valence-corrected chi connectivity index (χ3v) is 3.68. The van der Waals surface area contributed by atoms with Crippen LogP contribution in [0.3, 0.4) is 0 Å². The van der Waals surface area contributed by atoms with Gasteiger partial charge in [-0.05, 0) is 12.8 Å². The molecule has 9 heavy (non-hydrogen) atoms. The van der Waals surface area contributed by atoms with Gasteiger partial charge in [0.1, 0.15) is 5.78 Å². The zero-order valence-corrected chi connectivity index (χ0v) is 6.12. The van der Waals surface area contributed by atoms with E-state index >= 15 is 0 Å². The third kappa shape index (κ3) is 1.00. The van der Waals surface area contributed by atoms with Gasteiger partial charge in [-0.2, -0.15) is 11.8 Å². The molecule has 2 rings (SSSR count). The van der Waals surface area contributed by atoms with Crippen molar-refractivity contribution in [2.45, 2.75) is 36.2 Å². The lowest BCUT2D eigenvalue weighted by Gasteiger charge is -2.15. The van der Waals surface area contributed by atoms with Gasteiger partial charge in [0.15, 0.2) is 0 Å². The van der Waals surface area contributed by atoms with Crippen molar-refractivity contribution in [3.8, 4) is 0 Å². The Kier molecular flexibility index (Phi) is 1.29. The molecule has 2 heterocycles. The van der Waals surface area contributed by atoms with E-state index in [1.807, 2.05) is 11.8 Å². The van der Waals surface area contributed by atoms with E-state index in [2.05, 4.69) is 0 Å². The summed E-state index contributed by atoms with van der Waals surface area (Å²) in [4.78, 5) is 10.9. The van der Waals surface area contributed by atoms with Crippen LogP contribution in [0, 0.1) is 0 Å². The minimum Gasteiger partial charge on any atom is -0.300 e. The Morgan fingerprint density at radius 3 is 2.33 bits per heavy atom. The van der Waals surface area contributed by atoms with E-state index in [0.717, 1.165) is 12.8 Å². The molecular weight excluding hydrogens is 132 g/mol. The molecule has 0 aromatic carbocycles. The molecule has 2 aliphatic heterocycles. The molecule has 0 aromatic rings. The third-order valence-electron chi connectivity index (χ3n) is 2.11. The molecule has 2 atom stereocenters. The van der Waals surface area contributed by atoms with Crippen molar-refractivity contribution in [1.82, 2.24) is 0 Å². The first kappa shape index (κ1) is 5.78. The summed E-state index contributed by atoms with van der Waals surface area (Å²) in [5.74, 6) is 0.501. The highest BCUT2D eigenvalue weighted by atomic mass is 32.2. The van der Waals surface area contributed by atoms with Crippen molar-refractivity contribution < 1.29 is 4.79 Å². The second-order valence-electron chi connectivity index (χ2n) is 2.90. The fourth-order valence-electron chi connectivity index (χ4n) is 1.67. The molecule has 2 bridgehead atoms. The van der Waals surface area contributed by atoms with Crippen LogP contribution in [-0.4, -0.2) is 16.3 Å². The Balaban J connectivity index is 2.11. The van der Waals surface area contributed by atoms with Crippen molar-refractivity contribution in [3.05, 3.63) is 0 Å². The number of thioether (sulfide) groups is 1. The second-order valence-corrected chi connectivity index (χ2v) is 4.51. The summed E-state index contributed by atoms with van der Waals surface area (Å²) in [5, 5.41) is 1.41. The van der Waals surface area contributed by atoms with Gasteiger partial charge in [-0.25, -0.2) is 0 Å². The van der Waals surface area contributed by atoms with Gasteiger partial charge in [0.05, 0.1) is 0 Å². The summed E-state index contributed by atoms with van der Waals surface area (Å²) in [6.07, 6.45) is 4.31. The van der Waals surface area contributed by atoms with Crippen molar-refractivity contribution in [1.29, 1.82) is 0 Å². The van der Waals surface area contributed by atoms with E-state index in [9.17, 15) is 4.79 Å². The molecule has 2 fully saturated rings. The summed E-state index contributed by atoms with van der Waals surface area (Å²) in [6, 6.07) is 0. The SMILES string of the molecule is O=C1C[C@@H]2CC[C@@H](C1)S2. The van der Waals surface area contributed by atoms with E-state index in [0.29, 0.717) is 16.3 Å². The molecule has 0 saturated carbocycles. The number of fused-ring (bicyclic) bond motifs is 2. The highest BCUT2D eigenvalue weighted by Crippen LogP contribution is 2.41. The topological polar surface area (TPSA) is 17.1 Å². The summed E-state index contributed by atoms with van der Waals surface area (Å²) < 4.78 is 0. The first-order chi connectivity index (χ1) is 4.34. The van der Waals surface area contributed by atoms with E-state index in [-0.39, 0.29) is 0 Å². The minimum absolute atomic E-state index is 0.501. The van der Waals surface area contributed by atoms with Crippen LogP contribution in [-0.2, 0) is 4.79 Å². The molecule has 0 spiro atoms. The van der Waals surface area contributed by atoms with Crippen LogP contribution in [0.15, 0.2) is 0 Å². The molecule has 2 aliphatic rings. The van der Waals surface area contributed by atoms with Gasteiger partial charge >= 0.3 is 0 Å². The number of carbonyl (C=O) groups excluding carboxylic acids is 1. The molecule has 0 radical (unpaired) electrons. The molecule has 0 aliphatic carbocycles. The predicted octanol–water partition coefficient (Wildman–Crippen LogP) is 1.61. The van der Waals surface area contributed by atoms with Crippen LogP contribution < -0.4 is 0 Å². The molecule has 0 N–H and O–H groups in total. The Morgan fingerprint density at radius 2 is 1.78 bits per heavy atom. The highest BCUT2D eigenvalue weighted by molar-refractivity contribution is 8.00. The number of hydrogen-bond acceptors (Lipinski definition) is 2. The van der Waals surface area contributed by atoms with E-state index in [1.54, 1.807) is 0 Å². The zero-order valence-electron chi connectivity index (χ0n) is 5.30. The van der Waals surface area contributed by atoms with Gasteiger partial charge in [0.25, 0.3) is 0 Å².